The summed E-state index contributed by atoms with van der Waals surface area (Å²) in [6, 6.07) is 5.71. The third-order valence-electron chi connectivity index (χ3n) is 3.20. The van der Waals surface area contributed by atoms with Crippen LogP contribution in [-0.2, 0) is 0 Å². The molecule has 0 aliphatic heterocycles. The molecule has 1 amide bonds. The van der Waals surface area contributed by atoms with Gasteiger partial charge in [0.25, 0.3) is 5.91 Å². The van der Waals surface area contributed by atoms with Gasteiger partial charge in [0, 0.05) is 25.7 Å². The van der Waals surface area contributed by atoms with E-state index < -0.39 is 0 Å². The van der Waals surface area contributed by atoms with Crippen molar-refractivity contribution >= 4 is 23.2 Å². The topological polar surface area (TPSA) is 32.3 Å². The van der Waals surface area contributed by atoms with E-state index in [2.05, 4.69) is 26.1 Å². The first kappa shape index (κ1) is 15.8. The van der Waals surface area contributed by atoms with Gasteiger partial charge in [-0.25, -0.2) is 0 Å². The largest absolute Gasteiger partial charge is 0.381 e. The van der Waals surface area contributed by atoms with Crippen LogP contribution in [0.5, 0.6) is 0 Å². The standard InChI is InChI=1S/C15H23ClN2O/c1-6-13(10(2)3)17-14-9-11(7-8-12(14)16)15(19)18(4)5/h7-10,13,17H,6H2,1-5H3. The third-order valence-corrected chi connectivity index (χ3v) is 3.53. The van der Waals surface area contributed by atoms with Crippen LogP contribution in [0.15, 0.2) is 18.2 Å². The molecule has 0 aromatic heterocycles. The fourth-order valence-electron chi connectivity index (χ4n) is 1.97. The van der Waals surface area contributed by atoms with Crippen LogP contribution in [0.3, 0.4) is 0 Å². The second-order valence-electron chi connectivity index (χ2n) is 5.30. The molecule has 0 saturated carbocycles. The monoisotopic (exact) mass is 282 g/mol. The number of nitrogens with zero attached hydrogens (tertiary/aromatic N) is 1. The van der Waals surface area contributed by atoms with E-state index in [1.54, 1.807) is 31.1 Å². The molecule has 0 aliphatic carbocycles. The van der Waals surface area contributed by atoms with E-state index in [4.69, 9.17) is 11.6 Å². The summed E-state index contributed by atoms with van der Waals surface area (Å²) in [6.07, 6.45) is 1.01. The first-order valence-electron chi connectivity index (χ1n) is 6.64. The average molecular weight is 283 g/mol. The minimum absolute atomic E-state index is 0.0164. The van der Waals surface area contributed by atoms with Crippen LogP contribution in [0.2, 0.25) is 5.02 Å². The molecule has 0 saturated heterocycles. The van der Waals surface area contributed by atoms with Crippen LogP contribution in [-0.4, -0.2) is 30.9 Å². The number of hydrogen-bond acceptors (Lipinski definition) is 2. The fourth-order valence-corrected chi connectivity index (χ4v) is 2.14. The molecule has 1 unspecified atom stereocenters. The average Bonchev–Trinajstić information content (AvgIpc) is 2.36. The molecule has 106 valence electrons. The zero-order valence-corrected chi connectivity index (χ0v) is 13.1. The lowest BCUT2D eigenvalue weighted by Gasteiger charge is -2.23. The fraction of sp³-hybridized carbons (Fsp3) is 0.533. The molecule has 1 atom stereocenters. The van der Waals surface area contributed by atoms with Crippen molar-refractivity contribution in [2.75, 3.05) is 19.4 Å². The minimum atomic E-state index is -0.0164. The number of rotatable bonds is 5. The van der Waals surface area contributed by atoms with Gasteiger partial charge in [-0.15, -0.1) is 0 Å². The van der Waals surface area contributed by atoms with Crippen molar-refractivity contribution < 1.29 is 4.79 Å². The highest BCUT2D eigenvalue weighted by Gasteiger charge is 2.15. The van der Waals surface area contributed by atoms with Crippen LogP contribution in [0.25, 0.3) is 0 Å². The summed E-state index contributed by atoms with van der Waals surface area (Å²) in [5.74, 6) is 0.492. The molecule has 0 spiro atoms. The molecule has 4 heteroatoms. The van der Waals surface area contributed by atoms with Gasteiger partial charge in [0.15, 0.2) is 0 Å². The Hall–Kier alpha value is -1.22. The third kappa shape index (κ3) is 4.13. The summed E-state index contributed by atoms with van der Waals surface area (Å²) in [5.41, 5.74) is 1.48. The van der Waals surface area contributed by atoms with Gasteiger partial charge in [-0.1, -0.05) is 32.4 Å². The Morgan fingerprint density at radius 1 is 1.37 bits per heavy atom. The lowest BCUT2D eigenvalue weighted by molar-refractivity contribution is 0.0827. The van der Waals surface area contributed by atoms with Crippen molar-refractivity contribution in [3.05, 3.63) is 28.8 Å². The molecule has 1 rings (SSSR count). The normalized spacial score (nSPS) is 12.4. The Balaban J connectivity index is 3.00. The first-order valence-corrected chi connectivity index (χ1v) is 7.02. The molecule has 1 aromatic carbocycles. The Labute approximate surface area is 120 Å². The molecule has 0 heterocycles. The highest BCUT2D eigenvalue weighted by Crippen LogP contribution is 2.26. The van der Waals surface area contributed by atoms with E-state index in [1.807, 2.05) is 6.07 Å². The Bertz CT molecular complexity index is 444. The number of nitrogens with one attached hydrogen (secondary N) is 1. The number of carbonyl (C=O) groups excluding carboxylic acids is 1. The van der Waals surface area contributed by atoms with Gasteiger partial charge in [0.05, 0.1) is 10.7 Å². The maximum absolute atomic E-state index is 12.0. The lowest BCUT2D eigenvalue weighted by atomic mass is 10.0. The summed E-state index contributed by atoms with van der Waals surface area (Å²) in [7, 11) is 3.49. The predicted octanol–water partition coefficient (Wildman–Crippen LogP) is 3.89. The summed E-state index contributed by atoms with van der Waals surface area (Å²) in [5, 5.41) is 4.08. The lowest BCUT2D eigenvalue weighted by Crippen LogP contribution is -2.25. The van der Waals surface area contributed by atoms with Crippen LogP contribution < -0.4 is 5.32 Å². The second-order valence-corrected chi connectivity index (χ2v) is 5.70. The number of carbonyl (C=O) groups is 1. The zero-order chi connectivity index (χ0) is 14.6. The Morgan fingerprint density at radius 3 is 2.47 bits per heavy atom. The van der Waals surface area contributed by atoms with Crippen molar-refractivity contribution in [2.24, 2.45) is 5.92 Å². The Kier molecular flexibility index (Phi) is 5.67. The smallest absolute Gasteiger partial charge is 0.253 e. The number of anilines is 1. The number of halogens is 1. The first-order chi connectivity index (χ1) is 8.86. The SMILES string of the molecule is CCC(Nc1cc(C(=O)N(C)C)ccc1Cl)C(C)C. The van der Waals surface area contributed by atoms with E-state index in [0.717, 1.165) is 12.1 Å². The van der Waals surface area contributed by atoms with Crippen LogP contribution >= 0.6 is 11.6 Å². The molecule has 3 nitrogen and oxygen atoms in total. The number of amides is 1. The molecule has 0 aliphatic rings. The van der Waals surface area contributed by atoms with E-state index in [-0.39, 0.29) is 5.91 Å². The quantitative estimate of drug-likeness (QED) is 0.889. The molecule has 0 fully saturated rings. The van der Waals surface area contributed by atoms with E-state index in [9.17, 15) is 4.79 Å². The predicted molar refractivity (Wildman–Crippen MR) is 82.0 cm³/mol. The van der Waals surface area contributed by atoms with Crippen LogP contribution in [0, 0.1) is 5.92 Å². The van der Waals surface area contributed by atoms with Gasteiger partial charge in [-0.05, 0) is 30.5 Å². The zero-order valence-electron chi connectivity index (χ0n) is 12.3. The van der Waals surface area contributed by atoms with Gasteiger partial charge in [-0.3, -0.25) is 4.79 Å². The maximum Gasteiger partial charge on any atom is 0.253 e. The highest BCUT2D eigenvalue weighted by atomic mass is 35.5. The second kappa shape index (κ2) is 6.80. The van der Waals surface area contributed by atoms with Crippen LogP contribution in [0.4, 0.5) is 5.69 Å². The van der Waals surface area contributed by atoms with Crippen molar-refractivity contribution in [1.82, 2.24) is 4.90 Å². The molecular weight excluding hydrogens is 260 g/mol. The van der Waals surface area contributed by atoms with Gasteiger partial charge < -0.3 is 10.2 Å². The van der Waals surface area contributed by atoms with Gasteiger partial charge in [-0.2, -0.15) is 0 Å². The molecule has 1 N–H and O–H groups in total. The van der Waals surface area contributed by atoms with Crippen LogP contribution in [0.1, 0.15) is 37.6 Å². The van der Waals surface area contributed by atoms with Gasteiger partial charge >= 0.3 is 0 Å². The molecule has 1 aromatic rings. The summed E-state index contributed by atoms with van der Waals surface area (Å²) < 4.78 is 0. The van der Waals surface area contributed by atoms with Gasteiger partial charge in [0.1, 0.15) is 0 Å². The Morgan fingerprint density at radius 2 is 2.00 bits per heavy atom. The van der Waals surface area contributed by atoms with E-state index in [1.165, 1.54) is 0 Å². The molecule has 19 heavy (non-hydrogen) atoms. The number of hydrogen-bond donors (Lipinski definition) is 1. The van der Waals surface area contributed by atoms with Crippen molar-refractivity contribution in [3.8, 4) is 0 Å². The minimum Gasteiger partial charge on any atom is -0.381 e. The van der Waals surface area contributed by atoms with Gasteiger partial charge in [0.2, 0.25) is 0 Å². The highest BCUT2D eigenvalue weighted by molar-refractivity contribution is 6.33. The van der Waals surface area contributed by atoms with Crippen molar-refractivity contribution in [3.63, 3.8) is 0 Å². The molecular formula is C15H23ClN2O. The summed E-state index contributed by atoms with van der Waals surface area (Å²) >= 11 is 6.20. The van der Waals surface area contributed by atoms with E-state index >= 15 is 0 Å². The summed E-state index contributed by atoms with van der Waals surface area (Å²) in [6.45, 7) is 6.48. The molecule has 0 radical (unpaired) electrons. The van der Waals surface area contributed by atoms with Crippen molar-refractivity contribution in [1.29, 1.82) is 0 Å². The van der Waals surface area contributed by atoms with Crippen molar-refractivity contribution in [2.45, 2.75) is 33.2 Å². The molecule has 0 bridgehead atoms. The van der Waals surface area contributed by atoms with E-state index in [0.29, 0.717) is 22.5 Å². The number of benzene rings is 1. The maximum atomic E-state index is 12.0. The summed E-state index contributed by atoms with van der Waals surface area (Å²) in [4.78, 5) is 13.5.